The second-order valence-corrected chi connectivity index (χ2v) is 7.73. The second-order valence-electron chi connectivity index (χ2n) is 5.16. The molecule has 1 unspecified atom stereocenters. The summed E-state index contributed by atoms with van der Waals surface area (Å²) in [7, 11) is -2.51. The number of hydrogen-bond donors (Lipinski definition) is 0. The minimum atomic E-state index is -2.51. The fraction of sp³-hybridized carbons (Fsp3) is 0.714. The van der Waals surface area contributed by atoms with Crippen LogP contribution in [0.4, 0.5) is 0 Å². The highest BCUT2D eigenvalue weighted by atomic mass is 32.2. The lowest BCUT2D eigenvalue weighted by molar-refractivity contribution is -0.130. The van der Waals surface area contributed by atoms with E-state index in [0.717, 1.165) is 32.1 Å². The van der Waals surface area contributed by atoms with Crippen molar-refractivity contribution in [3.05, 3.63) is 12.7 Å². The van der Waals surface area contributed by atoms with Crippen molar-refractivity contribution in [1.29, 1.82) is 0 Å². The molecule has 20 heavy (non-hydrogen) atoms. The van der Waals surface area contributed by atoms with Gasteiger partial charge < -0.3 is 4.90 Å². The van der Waals surface area contributed by atoms with Crippen LogP contribution in [-0.2, 0) is 19.3 Å². The first kappa shape index (κ1) is 16.9. The largest absolute Gasteiger partial charge is 0.330 e. The van der Waals surface area contributed by atoms with Crippen molar-refractivity contribution in [2.24, 2.45) is 4.36 Å². The molecule has 1 rings (SSSR count). The Morgan fingerprint density at radius 2 is 1.95 bits per heavy atom. The topological polar surface area (TPSA) is 66.8 Å². The summed E-state index contributed by atoms with van der Waals surface area (Å²) in [5.74, 6) is -0.795. The first-order valence-corrected chi connectivity index (χ1v) is 9.04. The Labute approximate surface area is 121 Å². The Morgan fingerprint density at radius 1 is 1.35 bits per heavy atom. The van der Waals surface area contributed by atoms with Crippen molar-refractivity contribution in [3.8, 4) is 0 Å². The van der Waals surface area contributed by atoms with E-state index >= 15 is 0 Å². The summed E-state index contributed by atoms with van der Waals surface area (Å²) in [4.78, 5) is 24.7. The van der Waals surface area contributed by atoms with Crippen molar-refractivity contribution >= 4 is 21.5 Å². The second kappa shape index (κ2) is 7.57. The number of nitrogens with zero attached hydrogens (tertiary/aromatic N) is 2. The highest BCUT2D eigenvalue weighted by molar-refractivity contribution is 7.93. The van der Waals surface area contributed by atoms with E-state index in [1.54, 1.807) is 13.2 Å². The Balaban J connectivity index is 2.75. The summed E-state index contributed by atoms with van der Waals surface area (Å²) >= 11 is 0. The Morgan fingerprint density at radius 3 is 2.45 bits per heavy atom. The van der Waals surface area contributed by atoms with Crippen LogP contribution in [0, 0.1) is 0 Å². The van der Waals surface area contributed by atoms with Crippen LogP contribution in [0.15, 0.2) is 17.0 Å². The third-order valence-electron chi connectivity index (χ3n) is 3.65. The zero-order chi connectivity index (χ0) is 15.2. The molecule has 0 aliphatic heterocycles. The number of amides is 2. The van der Waals surface area contributed by atoms with Crippen molar-refractivity contribution < 1.29 is 13.8 Å². The molecular formula is C14H24N2O3S. The van der Waals surface area contributed by atoms with Gasteiger partial charge in [0.25, 0.3) is 5.91 Å². The summed E-state index contributed by atoms with van der Waals surface area (Å²) in [5, 5.41) is 0.00498. The molecule has 5 nitrogen and oxygen atoms in total. The van der Waals surface area contributed by atoms with Gasteiger partial charge in [-0.25, -0.2) is 4.21 Å². The molecule has 0 aromatic heterocycles. The van der Waals surface area contributed by atoms with Gasteiger partial charge in [-0.15, -0.1) is 0 Å². The maximum absolute atomic E-state index is 12.5. The van der Waals surface area contributed by atoms with E-state index in [9.17, 15) is 13.8 Å². The molecule has 0 bridgehead atoms. The monoisotopic (exact) mass is 300 g/mol. The van der Waals surface area contributed by atoms with Crippen molar-refractivity contribution in [1.82, 2.24) is 4.90 Å². The predicted octanol–water partition coefficient (Wildman–Crippen LogP) is 1.98. The Hall–Kier alpha value is -1.17. The van der Waals surface area contributed by atoms with Gasteiger partial charge in [-0.2, -0.15) is 4.36 Å². The third-order valence-corrected chi connectivity index (χ3v) is 5.92. The average molecular weight is 300 g/mol. The number of likely N-dealkylation sites (N-methyl/N-ethyl adjacent to an activating group) is 1. The van der Waals surface area contributed by atoms with E-state index in [1.165, 1.54) is 11.0 Å². The van der Waals surface area contributed by atoms with Gasteiger partial charge in [-0.05, 0) is 25.8 Å². The van der Waals surface area contributed by atoms with Crippen LogP contribution in [0.3, 0.4) is 0 Å². The Kier molecular flexibility index (Phi) is 6.39. The molecule has 0 aromatic carbocycles. The first-order chi connectivity index (χ1) is 9.40. The zero-order valence-electron chi connectivity index (χ0n) is 12.3. The number of hydrogen-bond acceptors (Lipinski definition) is 3. The lowest BCUT2D eigenvalue weighted by Gasteiger charge is -2.23. The van der Waals surface area contributed by atoms with Gasteiger partial charge in [0, 0.05) is 18.1 Å². The summed E-state index contributed by atoms with van der Waals surface area (Å²) < 4.78 is 16.4. The molecule has 1 aliphatic rings. The summed E-state index contributed by atoms with van der Waals surface area (Å²) in [5.41, 5.74) is 0. The van der Waals surface area contributed by atoms with Crippen LogP contribution in [0.2, 0.25) is 0 Å². The fourth-order valence-corrected chi connectivity index (χ4v) is 4.27. The fourth-order valence-electron chi connectivity index (χ4n) is 2.45. The molecule has 0 N–H and O–H groups in total. The van der Waals surface area contributed by atoms with Gasteiger partial charge in [0.15, 0.2) is 0 Å². The quantitative estimate of drug-likeness (QED) is 0.729. The van der Waals surface area contributed by atoms with Crippen LogP contribution in [0.25, 0.3) is 0 Å². The molecule has 0 heterocycles. The van der Waals surface area contributed by atoms with Crippen molar-refractivity contribution in [2.45, 2.75) is 44.3 Å². The Bertz CT molecular complexity index is 487. The molecule has 0 saturated heterocycles. The maximum Gasteiger partial charge on any atom is 0.273 e. The third kappa shape index (κ3) is 4.74. The predicted molar refractivity (Wildman–Crippen MR) is 80.8 cm³/mol. The standard InChI is InChI=1S/C14H24N2O3S/c1-4-14(18)16(5-2)11-13(17)15-20(3,19)12-9-7-6-8-10-12/h4,12H,1,5-11H2,2-3H3. The molecule has 1 saturated carbocycles. The minimum Gasteiger partial charge on any atom is -0.330 e. The van der Waals surface area contributed by atoms with Crippen LogP contribution in [0.5, 0.6) is 0 Å². The molecule has 114 valence electrons. The molecule has 1 fully saturated rings. The van der Waals surface area contributed by atoms with Gasteiger partial charge in [0.05, 0.1) is 9.73 Å². The normalized spacial score (nSPS) is 18.9. The zero-order valence-corrected chi connectivity index (χ0v) is 13.2. The van der Waals surface area contributed by atoms with E-state index in [2.05, 4.69) is 10.9 Å². The van der Waals surface area contributed by atoms with Crippen LogP contribution in [-0.4, -0.2) is 45.5 Å². The highest BCUT2D eigenvalue weighted by Gasteiger charge is 2.23. The molecule has 2 amide bonds. The molecule has 6 heteroatoms. The summed E-state index contributed by atoms with van der Waals surface area (Å²) in [6.07, 6.45) is 7.74. The van der Waals surface area contributed by atoms with Gasteiger partial charge >= 0.3 is 0 Å². The van der Waals surface area contributed by atoms with Gasteiger partial charge in [-0.3, -0.25) is 9.59 Å². The van der Waals surface area contributed by atoms with E-state index in [0.29, 0.717) is 6.54 Å². The molecular weight excluding hydrogens is 276 g/mol. The maximum atomic E-state index is 12.5. The lowest BCUT2D eigenvalue weighted by atomic mass is 10.0. The van der Waals surface area contributed by atoms with Crippen LogP contribution in [0.1, 0.15) is 39.0 Å². The summed E-state index contributed by atoms with van der Waals surface area (Å²) in [6, 6.07) is 0. The smallest absolute Gasteiger partial charge is 0.273 e. The molecule has 0 radical (unpaired) electrons. The van der Waals surface area contributed by atoms with E-state index in [1.807, 2.05) is 0 Å². The summed E-state index contributed by atoms with van der Waals surface area (Å²) in [6.45, 7) is 5.45. The number of carbonyl (C=O) groups excluding carboxylic acids is 2. The first-order valence-electron chi connectivity index (χ1n) is 7.06. The highest BCUT2D eigenvalue weighted by Crippen LogP contribution is 2.24. The molecule has 0 aromatic rings. The van der Waals surface area contributed by atoms with Gasteiger partial charge in [-0.1, -0.05) is 25.8 Å². The number of rotatable bonds is 5. The van der Waals surface area contributed by atoms with E-state index in [-0.39, 0.29) is 17.7 Å². The average Bonchev–Trinajstić information content (AvgIpc) is 2.44. The minimum absolute atomic E-state index is 0.00498. The van der Waals surface area contributed by atoms with Gasteiger partial charge in [0.1, 0.15) is 6.54 Å². The van der Waals surface area contributed by atoms with Crippen molar-refractivity contribution in [3.63, 3.8) is 0 Å². The number of carbonyl (C=O) groups is 2. The lowest BCUT2D eigenvalue weighted by Crippen LogP contribution is -2.34. The van der Waals surface area contributed by atoms with Gasteiger partial charge in [0.2, 0.25) is 5.91 Å². The molecule has 0 spiro atoms. The molecule has 1 aliphatic carbocycles. The van der Waals surface area contributed by atoms with Crippen LogP contribution >= 0.6 is 0 Å². The SMILES string of the molecule is C=CC(=O)N(CC)CC(=O)N=S(C)(=O)C1CCCCC1. The van der Waals surface area contributed by atoms with Crippen molar-refractivity contribution in [2.75, 3.05) is 19.3 Å². The van der Waals surface area contributed by atoms with Crippen LogP contribution < -0.4 is 0 Å². The molecule has 1 atom stereocenters. The van der Waals surface area contributed by atoms with E-state index in [4.69, 9.17) is 0 Å². The van der Waals surface area contributed by atoms with E-state index < -0.39 is 15.6 Å².